The Hall–Kier alpha value is -1.78. The summed E-state index contributed by atoms with van der Waals surface area (Å²) < 4.78 is 64.2. The van der Waals surface area contributed by atoms with Gasteiger partial charge in [0.2, 0.25) is 0 Å². The van der Waals surface area contributed by atoms with Crippen molar-refractivity contribution in [3.8, 4) is 0 Å². The lowest BCUT2D eigenvalue weighted by Gasteiger charge is -2.27. The number of rotatable bonds is 2. The van der Waals surface area contributed by atoms with Crippen LogP contribution in [0.5, 0.6) is 0 Å². The average Bonchev–Trinajstić information content (AvgIpc) is 3.04. The van der Waals surface area contributed by atoms with Gasteiger partial charge in [-0.1, -0.05) is 0 Å². The van der Waals surface area contributed by atoms with E-state index in [4.69, 9.17) is 0 Å². The number of anilines is 1. The smallest absolute Gasteiger partial charge is 0.339 e. The maximum atomic E-state index is 12.7. The van der Waals surface area contributed by atoms with Gasteiger partial charge < -0.3 is 9.47 Å². The molecule has 1 aliphatic heterocycles. The molecule has 0 atom stereocenters. The van der Waals surface area contributed by atoms with Crippen molar-refractivity contribution in [2.75, 3.05) is 11.4 Å². The molecule has 2 aromatic rings. The van der Waals surface area contributed by atoms with Crippen LogP contribution in [0.2, 0.25) is 0 Å². The minimum Gasteiger partial charge on any atom is -0.339 e. The Kier molecular flexibility index (Phi) is 3.30. The standard InChI is InChI=1S/C10H8F5N5S/c11-7(12)8-18-17-6-3-19(1-2-20(6)8)9-16-5(4-21-9)10(13,14)15/h4,7H,1-3H2. The van der Waals surface area contributed by atoms with Gasteiger partial charge in [-0.15, -0.1) is 21.5 Å². The summed E-state index contributed by atoms with van der Waals surface area (Å²) in [7, 11) is 0. The lowest BCUT2D eigenvalue weighted by molar-refractivity contribution is -0.140. The molecule has 0 fully saturated rings. The van der Waals surface area contributed by atoms with Crippen LogP contribution in [0.25, 0.3) is 0 Å². The molecule has 3 rings (SSSR count). The van der Waals surface area contributed by atoms with Crippen LogP contribution in [0.4, 0.5) is 27.1 Å². The Bertz CT molecular complexity index is 649. The number of nitrogens with zero attached hydrogens (tertiary/aromatic N) is 5. The molecular formula is C10H8F5N5S. The Morgan fingerprint density at radius 2 is 1.95 bits per heavy atom. The Balaban J connectivity index is 1.82. The van der Waals surface area contributed by atoms with Crippen molar-refractivity contribution in [3.63, 3.8) is 0 Å². The average molecular weight is 325 g/mol. The van der Waals surface area contributed by atoms with Crippen LogP contribution in [-0.4, -0.2) is 26.3 Å². The third-order valence-corrected chi connectivity index (χ3v) is 3.93. The van der Waals surface area contributed by atoms with E-state index in [0.29, 0.717) is 5.82 Å². The lowest BCUT2D eigenvalue weighted by Crippen LogP contribution is -2.34. The highest BCUT2D eigenvalue weighted by molar-refractivity contribution is 7.13. The van der Waals surface area contributed by atoms with Crippen molar-refractivity contribution >= 4 is 16.5 Å². The number of thiazole rings is 1. The molecule has 21 heavy (non-hydrogen) atoms. The van der Waals surface area contributed by atoms with Gasteiger partial charge in [0, 0.05) is 18.5 Å². The van der Waals surface area contributed by atoms with E-state index >= 15 is 0 Å². The van der Waals surface area contributed by atoms with E-state index in [-0.39, 0.29) is 24.8 Å². The van der Waals surface area contributed by atoms with Crippen molar-refractivity contribution in [3.05, 3.63) is 22.7 Å². The largest absolute Gasteiger partial charge is 0.434 e. The molecule has 0 radical (unpaired) electrons. The predicted octanol–water partition coefficient (Wildman–Crippen LogP) is 2.71. The molecule has 3 heterocycles. The van der Waals surface area contributed by atoms with Crippen molar-refractivity contribution in [1.29, 1.82) is 0 Å². The third kappa shape index (κ3) is 2.57. The summed E-state index contributed by atoms with van der Waals surface area (Å²) >= 11 is 0.860. The van der Waals surface area contributed by atoms with Gasteiger partial charge in [-0.25, -0.2) is 13.8 Å². The summed E-state index contributed by atoms with van der Waals surface area (Å²) in [4.78, 5) is 5.10. The fourth-order valence-corrected chi connectivity index (χ4v) is 2.90. The zero-order valence-corrected chi connectivity index (χ0v) is 11.1. The minimum absolute atomic E-state index is 0.102. The molecule has 0 spiro atoms. The number of alkyl halides is 5. The molecule has 0 amide bonds. The maximum Gasteiger partial charge on any atom is 0.434 e. The van der Waals surface area contributed by atoms with Gasteiger partial charge in [0.15, 0.2) is 22.5 Å². The van der Waals surface area contributed by atoms with Crippen molar-refractivity contribution in [1.82, 2.24) is 19.7 Å². The van der Waals surface area contributed by atoms with Crippen molar-refractivity contribution in [2.45, 2.75) is 25.7 Å². The van der Waals surface area contributed by atoms with Crippen molar-refractivity contribution < 1.29 is 22.0 Å². The summed E-state index contributed by atoms with van der Waals surface area (Å²) in [6, 6.07) is 0. The third-order valence-electron chi connectivity index (χ3n) is 3.03. The zero-order chi connectivity index (χ0) is 15.2. The lowest BCUT2D eigenvalue weighted by atomic mass is 10.3. The number of fused-ring (bicyclic) bond motifs is 1. The Morgan fingerprint density at radius 3 is 2.57 bits per heavy atom. The maximum absolute atomic E-state index is 12.7. The molecular weight excluding hydrogens is 317 g/mol. The van der Waals surface area contributed by atoms with E-state index in [1.54, 1.807) is 4.90 Å². The van der Waals surface area contributed by atoms with Gasteiger partial charge >= 0.3 is 6.18 Å². The number of halogens is 5. The van der Waals surface area contributed by atoms with Crippen LogP contribution in [0.3, 0.4) is 0 Å². The van der Waals surface area contributed by atoms with Crippen LogP contribution >= 0.6 is 11.3 Å². The highest BCUT2D eigenvalue weighted by Gasteiger charge is 2.35. The quantitative estimate of drug-likeness (QED) is 0.797. The van der Waals surface area contributed by atoms with Crippen LogP contribution < -0.4 is 4.90 Å². The summed E-state index contributed by atoms with van der Waals surface area (Å²) in [6.45, 7) is 0.559. The highest BCUT2D eigenvalue weighted by Crippen LogP contribution is 2.34. The predicted molar refractivity (Wildman–Crippen MR) is 63.1 cm³/mol. The summed E-state index contributed by atoms with van der Waals surface area (Å²) in [5, 5.41) is 8.18. The summed E-state index contributed by atoms with van der Waals surface area (Å²) in [6.07, 6.45) is -7.22. The Morgan fingerprint density at radius 1 is 1.19 bits per heavy atom. The normalized spacial score (nSPS) is 15.6. The molecule has 0 aliphatic carbocycles. The second-order valence-electron chi connectivity index (χ2n) is 4.36. The molecule has 5 nitrogen and oxygen atoms in total. The fraction of sp³-hybridized carbons (Fsp3) is 0.500. The molecule has 0 N–H and O–H groups in total. The van der Waals surface area contributed by atoms with Gasteiger partial charge in [0.05, 0.1) is 6.54 Å². The fourth-order valence-electron chi connectivity index (χ4n) is 2.04. The van der Waals surface area contributed by atoms with Crippen LogP contribution in [0, 0.1) is 0 Å². The van der Waals surface area contributed by atoms with Gasteiger partial charge in [-0.2, -0.15) is 13.2 Å². The molecule has 11 heteroatoms. The molecule has 1 aliphatic rings. The first-order chi connectivity index (χ1) is 9.86. The van der Waals surface area contributed by atoms with Crippen LogP contribution in [-0.2, 0) is 19.3 Å². The molecule has 0 saturated carbocycles. The topological polar surface area (TPSA) is 46.8 Å². The first-order valence-corrected chi connectivity index (χ1v) is 6.72. The number of hydrogen-bond acceptors (Lipinski definition) is 5. The number of aromatic nitrogens is 4. The second kappa shape index (κ2) is 4.90. The van der Waals surface area contributed by atoms with Crippen LogP contribution in [0.15, 0.2) is 5.38 Å². The van der Waals surface area contributed by atoms with Crippen LogP contribution in [0.1, 0.15) is 23.8 Å². The van der Waals surface area contributed by atoms with E-state index < -0.39 is 24.1 Å². The summed E-state index contributed by atoms with van der Waals surface area (Å²) in [5.41, 5.74) is -0.956. The van der Waals surface area contributed by atoms with E-state index in [1.807, 2.05) is 0 Å². The van der Waals surface area contributed by atoms with E-state index in [0.717, 1.165) is 16.7 Å². The summed E-state index contributed by atoms with van der Waals surface area (Å²) in [5.74, 6) is -0.125. The minimum atomic E-state index is -4.49. The van der Waals surface area contributed by atoms with E-state index in [1.165, 1.54) is 4.57 Å². The van der Waals surface area contributed by atoms with E-state index in [9.17, 15) is 22.0 Å². The molecule has 0 aromatic carbocycles. The van der Waals surface area contributed by atoms with Gasteiger partial charge in [0.1, 0.15) is 0 Å². The molecule has 114 valence electrons. The highest BCUT2D eigenvalue weighted by atomic mass is 32.1. The van der Waals surface area contributed by atoms with Gasteiger partial charge in [-0.3, -0.25) is 0 Å². The second-order valence-corrected chi connectivity index (χ2v) is 5.20. The van der Waals surface area contributed by atoms with Gasteiger partial charge in [0.25, 0.3) is 6.43 Å². The zero-order valence-electron chi connectivity index (χ0n) is 10.3. The Labute approximate surface area is 119 Å². The SMILES string of the molecule is FC(F)c1nnc2n1CCN(c1nc(C(F)(F)F)cs1)C2. The molecule has 0 saturated heterocycles. The molecule has 2 aromatic heterocycles. The van der Waals surface area contributed by atoms with E-state index in [2.05, 4.69) is 15.2 Å². The monoisotopic (exact) mass is 325 g/mol. The molecule has 0 bridgehead atoms. The first-order valence-electron chi connectivity index (χ1n) is 5.84. The molecule has 0 unspecified atom stereocenters. The van der Waals surface area contributed by atoms with Gasteiger partial charge in [-0.05, 0) is 0 Å². The first kappa shape index (κ1) is 14.2. The van der Waals surface area contributed by atoms with Crippen molar-refractivity contribution in [2.24, 2.45) is 0 Å². The number of hydrogen-bond donors (Lipinski definition) is 0.